The van der Waals surface area contributed by atoms with Crippen LogP contribution in [0.2, 0.25) is 0 Å². The van der Waals surface area contributed by atoms with Gasteiger partial charge in [-0.2, -0.15) is 4.31 Å². The van der Waals surface area contributed by atoms with E-state index in [1.807, 2.05) is 18.2 Å². The van der Waals surface area contributed by atoms with Crippen molar-refractivity contribution in [2.75, 3.05) is 31.1 Å². The number of nitrogens with zero attached hydrogens (tertiary/aromatic N) is 3. The number of carbonyl (C=O) groups excluding carboxylic acids is 1. The zero-order valence-electron chi connectivity index (χ0n) is 20.5. The average molecular weight is 550 g/mol. The molecule has 7 nitrogen and oxygen atoms in total. The van der Waals surface area contributed by atoms with Gasteiger partial charge in [0.2, 0.25) is 15.9 Å². The monoisotopic (exact) mass is 549 g/mol. The van der Waals surface area contributed by atoms with Gasteiger partial charge < -0.3 is 4.74 Å². The van der Waals surface area contributed by atoms with Gasteiger partial charge in [-0.15, -0.1) is 0 Å². The molecule has 0 saturated carbocycles. The molecule has 11 heteroatoms. The number of hydrogen-bond donors (Lipinski definition) is 0. The minimum atomic E-state index is -4.14. The van der Waals surface area contributed by atoms with Crippen LogP contribution in [0.25, 0.3) is 10.2 Å². The summed E-state index contributed by atoms with van der Waals surface area (Å²) in [7, 11) is -4.14. The Bertz CT molecular complexity index is 1400. The van der Waals surface area contributed by atoms with E-state index in [1.54, 1.807) is 4.90 Å². The maximum absolute atomic E-state index is 14.2. The number of hydrogen-bond acceptors (Lipinski definition) is 6. The lowest BCUT2D eigenvalue weighted by atomic mass is 9.96. The van der Waals surface area contributed by atoms with Crippen LogP contribution in [0.3, 0.4) is 0 Å². The van der Waals surface area contributed by atoms with Crippen LogP contribution in [0.1, 0.15) is 38.2 Å². The second-order valence-corrected chi connectivity index (χ2v) is 12.4. The number of rotatable bonds is 7. The maximum atomic E-state index is 14.2. The number of aryl methyl sites for hydroxylation is 1. The van der Waals surface area contributed by atoms with Crippen molar-refractivity contribution in [1.29, 1.82) is 0 Å². The number of thiazole rings is 1. The van der Waals surface area contributed by atoms with Crippen LogP contribution in [0.4, 0.5) is 13.9 Å². The lowest BCUT2D eigenvalue weighted by Gasteiger charge is -2.33. The van der Waals surface area contributed by atoms with E-state index in [0.717, 1.165) is 47.2 Å². The number of fused-ring (bicyclic) bond motifs is 1. The summed E-state index contributed by atoms with van der Waals surface area (Å²) in [4.78, 5) is 19.8. The fraction of sp³-hybridized carbons (Fsp3) is 0.462. The third kappa shape index (κ3) is 5.27. The van der Waals surface area contributed by atoms with Gasteiger partial charge in [0, 0.05) is 31.7 Å². The number of anilines is 1. The second-order valence-electron chi connectivity index (χ2n) is 9.45. The van der Waals surface area contributed by atoms with Crippen molar-refractivity contribution in [1.82, 2.24) is 9.29 Å². The molecule has 3 heterocycles. The fourth-order valence-electron chi connectivity index (χ4n) is 5.04. The van der Waals surface area contributed by atoms with E-state index in [2.05, 4.69) is 6.92 Å². The van der Waals surface area contributed by atoms with Crippen LogP contribution in [0.15, 0.2) is 41.3 Å². The van der Waals surface area contributed by atoms with E-state index in [-0.39, 0.29) is 25.1 Å². The van der Waals surface area contributed by atoms with Gasteiger partial charge in [-0.25, -0.2) is 22.2 Å². The minimum Gasteiger partial charge on any atom is -0.376 e. The van der Waals surface area contributed by atoms with Crippen LogP contribution in [0, 0.1) is 17.6 Å². The van der Waals surface area contributed by atoms with Gasteiger partial charge in [0.15, 0.2) is 5.13 Å². The number of carbonyl (C=O) groups is 1. The molecule has 0 bridgehead atoms. The molecule has 0 radical (unpaired) electrons. The zero-order chi connectivity index (χ0) is 26.2. The number of sulfonamides is 1. The number of ether oxygens (including phenoxy) is 1. The van der Waals surface area contributed by atoms with E-state index in [9.17, 15) is 22.0 Å². The number of aromatic nitrogens is 1. The molecule has 0 spiro atoms. The Balaban J connectivity index is 1.36. The Kier molecular flexibility index (Phi) is 7.58. The number of benzene rings is 2. The molecule has 1 amide bonds. The molecule has 3 aromatic rings. The van der Waals surface area contributed by atoms with Gasteiger partial charge in [0.05, 0.1) is 22.9 Å². The van der Waals surface area contributed by atoms with Crippen LogP contribution in [-0.4, -0.2) is 56.0 Å². The first-order valence-corrected chi connectivity index (χ1v) is 14.8. The molecule has 1 atom stereocenters. The van der Waals surface area contributed by atoms with E-state index < -0.39 is 32.5 Å². The summed E-state index contributed by atoms with van der Waals surface area (Å²) in [5, 5.41) is 0.625. The molecule has 2 aliphatic rings. The maximum Gasteiger partial charge on any atom is 0.245 e. The van der Waals surface area contributed by atoms with Crippen LogP contribution < -0.4 is 4.90 Å². The standard InChI is InChI=1S/C26H29F2N3O4S2/c1-2-17-5-3-7-22-24(17)29-26(36-22)31(16-20-6-4-14-35-20)25(32)18-10-12-30(13-11-18)37(33,34)23-9-8-19(27)15-21(23)28/h3,5,7-9,15,18,20H,2,4,6,10-14,16H2,1H3. The second kappa shape index (κ2) is 10.7. The zero-order valence-corrected chi connectivity index (χ0v) is 22.2. The van der Waals surface area contributed by atoms with E-state index >= 15 is 0 Å². The molecule has 2 aromatic carbocycles. The predicted octanol–water partition coefficient (Wildman–Crippen LogP) is 4.75. The lowest BCUT2D eigenvalue weighted by Crippen LogP contribution is -2.46. The van der Waals surface area contributed by atoms with E-state index in [1.165, 1.54) is 15.6 Å². The Morgan fingerprint density at radius 2 is 1.97 bits per heavy atom. The summed E-state index contributed by atoms with van der Waals surface area (Å²) in [6, 6.07) is 8.47. The van der Waals surface area contributed by atoms with Gasteiger partial charge in [-0.1, -0.05) is 30.4 Å². The molecule has 1 aromatic heterocycles. The van der Waals surface area contributed by atoms with Crippen molar-refractivity contribution in [2.45, 2.75) is 50.0 Å². The minimum absolute atomic E-state index is 0.0662. The quantitative estimate of drug-likeness (QED) is 0.425. The molecular formula is C26H29F2N3O4S2. The molecule has 198 valence electrons. The molecule has 5 rings (SSSR count). The highest BCUT2D eigenvalue weighted by Crippen LogP contribution is 2.34. The lowest BCUT2D eigenvalue weighted by molar-refractivity contribution is -0.123. The van der Waals surface area contributed by atoms with Crippen LogP contribution in [-0.2, 0) is 26.0 Å². The Hall–Kier alpha value is -2.47. The molecule has 2 saturated heterocycles. The molecule has 2 fully saturated rings. The first-order valence-electron chi connectivity index (χ1n) is 12.5. The Morgan fingerprint density at radius 3 is 2.65 bits per heavy atom. The fourth-order valence-corrected chi connectivity index (χ4v) is 7.58. The summed E-state index contributed by atoms with van der Waals surface area (Å²) >= 11 is 1.48. The SMILES string of the molecule is CCc1cccc2sc(N(CC3CCCO3)C(=O)C3CCN(S(=O)(=O)c4ccc(F)cc4F)CC3)nc12. The molecule has 37 heavy (non-hydrogen) atoms. The number of para-hydroxylation sites is 1. The van der Waals surface area contributed by atoms with E-state index in [4.69, 9.17) is 9.72 Å². The molecular weight excluding hydrogens is 520 g/mol. The van der Waals surface area contributed by atoms with Gasteiger partial charge in [0.25, 0.3) is 0 Å². The highest BCUT2D eigenvalue weighted by molar-refractivity contribution is 7.89. The summed E-state index contributed by atoms with van der Waals surface area (Å²) in [5.41, 5.74) is 2.02. The first-order chi connectivity index (χ1) is 17.8. The molecule has 0 aliphatic carbocycles. The van der Waals surface area contributed by atoms with Crippen molar-refractivity contribution < 1.29 is 26.7 Å². The Labute approximate surface area is 219 Å². The van der Waals surface area contributed by atoms with Crippen LogP contribution >= 0.6 is 11.3 Å². The highest BCUT2D eigenvalue weighted by Gasteiger charge is 2.37. The average Bonchev–Trinajstić information content (AvgIpc) is 3.56. The normalized spacial score (nSPS) is 19.5. The van der Waals surface area contributed by atoms with Crippen LogP contribution in [0.5, 0.6) is 0 Å². The summed E-state index contributed by atoms with van der Waals surface area (Å²) in [6.45, 7) is 3.29. The van der Waals surface area contributed by atoms with Crippen molar-refractivity contribution >= 4 is 42.6 Å². The Morgan fingerprint density at radius 1 is 1.19 bits per heavy atom. The number of piperidine rings is 1. The number of amides is 1. The molecule has 1 unspecified atom stereocenters. The van der Waals surface area contributed by atoms with Crippen molar-refractivity contribution in [2.24, 2.45) is 5.92 Å². The third-order valence-corrected chi connectivity index (χ3v) is 10.1. The molecule has 2 aliphatic heterocycles. The largest absolute Gasteiger partial charge is 0.376 e. The third-order valence-electron chi connectivity index (χ3n) is 7.09. The van der Waals surface area contributed by atoms with Crippen molar-refractivity contribution in [3.8, 4) is 0 Å². The summed E-state index contributed by atoms with van der Waals surface area (Å²) in [5.74, 6) is -2.46. The molecule has 0 N–H and O–H groups in total. The van der Waals surface area contributed by atoms with Gasteiger partial charge in [-0.3, -0.25) is 9.69 Å². The highest BCUT2D eigenvalue weighted by atomic mass is 32.2. The van der Waals surface area contributed by atoms with E-state index in [0.29, 0.717) is 37.2 Å². The van der Waals surface area contributed by atoms with Gasteiger partial charge >= 0.3 is 0 Å². The summed E-state index contributed by atoms with van der Waals surface area (Å²) in [6.07, 6.45) is 3.19. The first kappa shape index (κ1) is 26.1. The topological polar surface area (TPSA) is 79.8 Å². The predicted molar refractivity (Wildman–Crippen MR) is 138 cm³/mol. The number of halogens is 2. The van der Waals surface area contributed by atoms with Gasteiger partial charge in [0.1, 0.15) is 16.5 Å². The van der Waals surface area contributed by atoms with Crippen molar-refractivity contribution in [3.05, 3.63) is 53.6 Å². The van der Waals surface area contributed by atoms with Gasteiger partial charge in [-0.05, 0) is 55.9 Å². The van der Waals surface area contributed by atoms with Crippen molar-refractivity contribution in [3.63, 3.8) is 0 Å². The summed E-state index contributed by atoms with van der Waals surface area (Å²) < 4.78 is 61.5. The smallest absolute Gasteiger partial charge is 0.245 e.